The maximum atomic E-state index is 12.9. The van der Waals surface area contributed by atoms with Crippen molar-refractivity contribution in [3.05, 3.63) is 70.9 Å². The number of ketones is 1. The zero-order valence-electron chi connectivity index (χ0n) is 15.1. The van der Waals surface area contributed by atoms with Crippen molar-refractivity contribution in [2.45, 2.75) is 12.8 Å². The molecular weight excluding hydrogens is 356 g/mol. The third kappa shape index (κ3) is 4.77. The van der Waals surface area contributed by atoms with E-state index < -0.39 is 0 Å². The SMILES string of the molecule is N=C(N)C1=CCC(=CC2CSCC(C=C3C=CC(C(=N)N)=CC3)C2=O)C=C1. The van der Waals surface area contributed by atoms with Gasteiger partial charge in [-0.1, -0.05) is 48.6 Å². The molecule has 1 heterocycles. The van der Waals surface area contributed by atoms with Crippen LogP contribution in [0.3, 0.4) is 0 Å². The second kappa shape index (κ2) is 8.39. The first-order valence-electron chi connectivity index (χ1n) is 8.92. The summed E-state index contributed by atoms with van der Waals surface area (Å²) in [4.78, 5) is 12.9. The Bertz CT molecular complexity index is 789. The quantitative estimate of drug-likeness (QED) is 0.443. The molecule has 0 bridgehead atoms. The summed E-state index contributed by atoms with van der Waals surface area (Å²) < 4.78 is 0. The first-order valence-corrected chi connectivity index (χ1v) is 10.1. The Balaban J connectivity index is 1.67. The van der Waals surface area contributed by atoms with Gasteiger partial charge >= 0.3 is 0 Å². The van der Waals surface area contributed by atoms with Crippen LogP contribution in [-0.2, 0) is 4.79 Å². The van der Waals surface area contributed by atoms with Gasteiger partial charge in [0, 0.05) is 34.5 Å². The van der Waals surface area contributed by atoms with Crippen molar-refractivity contribution >= 4 is 29.2 Å². The predicted octanol–water partition coefficient (Wildman–Crippen LogP) is 3.03. The maximum absolute atomic E-state index is 12.9. The summed E-state index contributed by atoms with van der Waals surface area (Å²) in [5.74, 6) is 1.85. The first kappa shape index (κ1) is 19.2. The van der Waals surface area contributed by atoms with Gasteiger partial charge < -0.3 is 11.5 Å². The van der Waals surface area contributed by atoms with Gasteiger partial charge in [0.25, 0.3) is 0 Å². The van der Waals surface area contributed by atoms with Gasteiger partial charge in [0.2, 0.25) is 0 Å². The van der Waals surface area contributed by atoms with Gasteiger partial charge in [0.1, 0.15) is 17.5 Å². The number of nitrogens with one attached hydrogen (secondary N) is 2. The van der Waals surface area contributed by atoms with E-state index in [1.54, 1.807) is 11.8 Å². The van der Waals surface area contributed by atoms with Crippen molar-refractivity contribution < 1.29 is 4.79 Å². The lowest BCUT2D eigenvalue weighted by molar-refractivity contribution is -0.123. The van der Waals surface area contributed by atoms with Crippen LogP contribution in [0, 0.1) is 22.7 Å². The van der Waals surface area contributed by atoms with E-state index in [-0.39, 0.29) is 29.3 Å². The molecule has 3 rings (SSSR count). The number of hydrogen-bond donors (Lipinski definition) is 4. The van der Waals surface area contributed by atoms with E-state index in [0.29, 0.717) is 12.8 Å². The highest BCUT2D eigenvalue weighted by Crippen LogP contribution is 2.30. The van der Waals surface area contributed by atoms with Crippen LogP contribution in [0.1, 0.15) is 12.8 Å². The highest BCUT2D eigenvalue weighted by molar-refractivity contribution is 7.99. The van der Waals surface area contributed by atoms with E-state index in [9.17, 15) is 4.79 Å². The van der Waals surface area contributed by atoms with Crippen molar-refractivity contribution in [2.75, 3.05) is 11.5 Å². The Labute approximate surface area is 163 Å². The minimum atomic E-state index is -0.0894. The number of amidine groups is 2. The smallest absolute Gasteiger partial charge is 0.148 e. The van der Waals surface area contributed by atoms with Crippen molar-refractivity contribution in [3.63, 3.8) is 0 Å². The maximum Gasteiger partial charge on any atom is 0.148 e. The van der Waals surface area contributed by atoms with Crippen LogP contribution in [-0.4, -0.2) is 29.0 Å². The molecule has 6 N–H and O–H groups in total. The van der Waals surface area contributed by atoms with Crippen molar-refractivity contribution in [1.29, 1.82) is 10.8 Å². The molecule has 0 aromatic carbocycles. The van der Waals surface area contributed by atoms with Gasteiger partial charge in [0.15, 0.2) is 0 Å². The predicted molar refractivity (Wildman–Crippen MR) is 113 cm³/mol. The number of nitrogens with two attached hydrogens (primary N) is 2. The number of allylic oxidation sites excluding steroid dienone is 8. The third-order valence-corrected chi connectivity index (χ3v) is 6.04. The fraction of sp³-hybridized carbons (Fsp3) is 0.286. The second-order valence-corrected chi connectivity index (χ2v) is 7.93. The minimum Gasteiger partial charge on any atom is -0.384 e. The summed E-state index contributed by atoms with van der Waals surface area (Å²) in [5.41, 5.74) is 14.7. The van der Waals surface area contributed by atoms with Crippen LogP contribution in [0.15, 0.2) is 70.9 Å². The van der Waals surface area contributed by atoms with Crippen molar-refractivity contribution in [1.82, 2.24) is 0 Å². The van der Waals surface area contributed by atoms with E-state index in [1.807, 2.05) is 36.5 Å². The van der Waals surface area contributed by atoms with Crippen molar-refractivity contribution in [3.8, 4) is 0 Å². The lowest BCUT2D eigenvalue weighted by atomic mass is 9.88. The van der Waals surface area contributed by atoms with E-state index >= 15 is 0 Å². The largest absolute Gasteiger partial charge is 0.384 e. The second-order valence-electron chi connectivity index (χ2n) is 6.86. The normalized spacial score (nSPS) is 28.2. The molecule has 27 heavy (non-hydrogen) atoms. The standard InChI is InChI=1S/C21H24N4OS/c22-20(23)15-5-1-13(2-6-15)9-17-11-27-12-18(19(17)26)10-14-3-7-16(8-4-14)21(24)25/h1,3,5-10,17-18H,2,4,11-12H2,(H3,22,23)(H3,24,25). The molecule has 3 aliphatic rings. The molecular formula is C21H24N4OS. The summed E-state index contributed by atoms with van der Waals surface area (Å²) in [6.07, 6.45) is 17.0. The number of carbonyl (C=O) groups excluding carboxylic acids is 1. The summed E-state index contributed by atoms with van der Waals surface area (Å²) in [6, 6.07) is 0. The molecule has 0 saturated carbocycles. The molecule has 1 saturated heterocycles. The molecule has 2 atom stereocenters. The molecule has 0 amide bonds. The van der Waals surface area contributed by atoms with E-state index in [4.69, 9.17) is 22.3 Å². The Morgan fingerprint density at radius 3 is 1.67 bits per heavy atom. The van der Waals surface area contributed by atoms with Gasteiger partial charge in [0.05, 0.1) is 0 Å². The molecule has 0 spiro atoms. The van der Waals surface area contributed by atoms with Gasteiger partial charge in [-0.05, 0) is 24.0 Å². The summed E-state index contributed by atoms with van der Waals surface area (Å²) >= 11 is 1.81. The topological polar surface area (TPSA) is 117 Å². The summed E-state index contributed by atoms with van der Waals surface area (Å²) in [7, 11) is 0. The zero-order chi connectivity index (χ0) is 19.4. The van der Waals surface area contributed by atoms with E-state index in [2.05, 4.69) is 12.2 Å². The van der Waals surface area contributed by atoms with Gasteiger partial charge in [-0.15, -0.1) is 0 Å². The summed E-state index contributed by atoms with van der Waals surface area (Å²) in [5, 5.41) is 14.9. The Morgan fingerprint density at radius 2 is 1.33 bits per heavy atom. The van der Waals surface area contributed by atoms with Gasteiger partial charge in [-0.25, -0.2) is 0 Å². The first-order chi connectivity index (χ1) is 12.9. The van der Waals surface area contributed by atoms with Crippen LogP contribution in [0.25, 0.3) is 0 Å². The van der Waals surface area contributed by atoms with Crippen LogP contribution in [0.2, 0.25) is 0 Å². The van der Waals surface area contributed by atoms with E-state index in [1.165, 1.54) is 0 Å². The highest BCUT2D eigenvalue weighted by atomic mass is 32.2. The molecule has 2 unspecified atom stereocenters. The van der Waals surface area contributed by atoms with Crippen molar-refractivity contribution in [2.24, 2.45) is 23.3 Å². The lowest BCUT2D eigenvalue weighted by Gasteiger charge is -2.25. The Kier molecular flexibility index (Phi) is 5.96. The average Bonchev–Trinajstić information content (AvgIpc) is 2.66. The molecule has 0 aromatic rings. The number of carbonyl (C=O) groups is 1. The third-order valence-electron chi connectivity index (χ3n) is 4.85. The highest BCUT2D eigenvalue weighted by Gasteiger charge is 2.29. The fourth-order valence-electron chi connectivity index (χ4n) is 3.31. The molecule has 5 nitrogen and oxygen atoms in total. The molecule has 0 radical (unpaired) electrons. The number of Topliss-reactive ketones (excluding diaryl/α,β-unsaturated/α-hetero) is 1. The molecule has 6 heteroatoms. The lowest BCUT2D eigenvalue weighted by Crippen LogP contribution is -2.30. The van der Waals surface area contributed by atoms with Crippen LogP contribution < -0.4 is 11.5 Å². The van der Waals surface area contributed by atoms with Crippen LogP contribution in [0.5, 0.6) is 0 Å². The average molecular weight is 381 g/mol. The minimum absolute atomic E-state index is 0.0730. The molecule has 1 aliphatic heterocycles. The van der Waals surface area contributed by atoms with Gasteiger partial charge in [-0.3, -0.25) is 15.6 Å². The van der Waals surface area contributed by atoms with Crippen LogP contribution >= 0.6 is 11.8 Å². The molecule has 140 valence electrons. The molecule has 1 fully saturated rings. The Morgan fingerprint density at radius 1 is 0.889 bits per heavy atom. The number of hydrogen-bond acceptors (Lipinski definition) is 4. The summed E-state index contributed by atoms with van der Waals surface area (Å²) in [6.45, 7) is 0. The molecule has 2 aliphatic carbocycles. The van der Waals surface area contributed by atoms with Gasteiger partial charge in [-0.2, -0.15) is 11.8 Å². The van der Waals surface area contributed by atoms with E-state index in [0.717, 1.165) is 33.8 Å². The number of rotatable bonds is 4. The fourth-order valence-corrected chi connectivity index (χ4v) is 4.47. The molecule has 0 aromatic heterocycles. The monoisotopic (exact) mass is 380 g/mol. The Hall–Kier alpha value is -2.60. The number of thioether (sulfide) groups is 1. The zero-order valence-corrected chi connectivity index (χ0v) is 15.9. The van der Waals surface area contributed by atoms with Crippen LogP contribution in [0.4, 0.5) is 0 Å².